The third kappa shape index (κ3) is 2.77. The van der Waals surface area contributed by atoms with Crippen LogP contribution in [0.4, 0.5) is 0 Å². The van der Waals surface area contributed by atoms with Crippen molar-refractivity contribution in [2.24, 2.45) is 0 Å². The van der Waals surface area contributed by atoms with Crippen LogP contribution in [0.25, 0.3) is 10.1 Å². The molecule has 1 saturated heterocycles. The molecule has 1 aliphatic rings. The van der Waals surface area contributed by atoms with Gasteiger partial charge in [-0.1, -0.05) is 0 Å². The number of hydrogen-bond donors (Lipinski definition) is 1. The van der Waals surface area contributed by atoms with Crippen LogP contribution in [0.1, 0.15) is 38.2 Å². The zero-order chi connectivity index (χ0) is 13.2. The summed E-state index contributed by atoms with van der Waals surface area (Å²) in [7, 11) is 0. The van der Waals surface area contributed by atoms with Gasteiger partial charge < -0.3 is 10.1 Å². The molecule has 2 nitrogen and oxygen atoms in total. The zero-order valence-corrected chi connectivity index (χ0v) is 12.4. The lowest BCUT2D eigenvalue weighted by Crippen LogP contribution is -2.26. The standard InChI is InChI=1S/C16H21NOS/c1-11(2)18-13-3-4-16-14(9-13)15(10-19-16)12-5-7-17-8-6-12/h3-4,9-12,17H,5-8H2,1-2H3. The first-order valence-corrected chi connectivity index (χ1v) is 8.00. The third-order valence-electron chi connectivity index (χ3n) is 3.73. The van der Waals surface area contributed by atoms with E-state index in [2.05, 4.69) is 42.7 Å². The average molecular weight is 275 g/mol. The topological polar surface area (TPSA) is 21.3 Å². The van der Waals surface area contributed by atoms with E-state index >= 15 is 0 Å². The lowest BCUT2D eigenvalue weighted by Gasteiger charge is -2.22. The Morgan fingerprint density at radius 1 is 1.26 bits per heavy atom. The average Bonchev–Trinajstić information content (AvgIpc) is 2.82. The quantitative estimate of drug-likeness (QED) is 0.908. The highest BCUT2D eigenvalue weighted by Gasteiger charge is 2.18. The minimum Gasteiger partial charge on any atom is -0.491 e. The monoisotopic (exact) mass is 275 g/mol. The summed E-state index contributed by atoms with van der Waals surface area (Å²) >= 11 is 1.86. The van der Waals surface area contributed by atoms with E-state index in [1.807, 2.05) is 11.3 Å². The van der Waals surface area contributed by atoms with Gasteiger partial charge in [0, 0.05) is 4.70 Å². The summed E-state index contributed by atoms with van der Waals surface area (Å²) in [5.41, 5.74) is 1.52. The van der Waals surface area contributed by atoms with Crippen LogP contribution in [0.5, 0.6) is 5.75 Å². The number of fused-ring (bicyclic) bond motifs is 1. The Morgan fingerprint density at radius 2 is 2.05 bits per heavy atom. The molecule has 1 N–H and O–H groups in total. The molecule has 2 heterocycles. The fourth-order valence-electron chi connectivity index (χ4n) is 2.82. The molecular formula is C16H21NOS. The molecule has 0 amide bonds. The molecule has 0 unspecified atom stereocenters. The third-order valence-corrected chi connectivity index (χ3v) is 4.71. The molecule has 1 fully saturated rings. The lowest BCUT2D eigenvalue weighted by molar-refractivity contribution is 0.243. The van der Waals surface area contributed by atoms with E-state index in [4.69, 9.17) is 4.74 Å². The molecule has 0 aliphatic carbocycles. The second kappa shape index (κ2) is 5.51. The van der Waals surface area contributed by atoms with Crippen molar-refractivity contribution in [1.29, 1.82) is 0 Å². The highest BCUT2D eigenvalue weighted by Crippen LogP contribution is 2.37. The number of piperidine rings is 1. The first-order valence-electron chi connectivity index (χ1n) is 7.12. The van der Waals surface area contributed by atoms with Crippen LogP contribution in [-0.4, -0.2) is 19.2 Å². The van der Waals surface area contributed by atoms with Crippen LogP contribution >= 0.6 is 11.3 Å². The maximum Gasteiger partial charge on any atom is 0.120 e. The molecule has 0 bridgehead atoms. The molecule has 0 radical (unpaired) electrons. The van der Waals surface area contributed by atoms with Gasteiger partial charge in [-0.15, -0.1) is 11.3 Å². The Bertz CT molecular complexity index is 555. The van der Waals surface area contributed by atoms with Crippen molar-refractivity contribution in [2.75, 3.05) is 13.1 Å². The first-order chi connectivity index (χ1) is 9.24. The minimum absolute atomic E-state index is 0.235. The number of benzene rings is 1. The molecule has 1 aliphatic heterocycles. The summed E-state index contributed by atoms with van der Waals surface area (Å²) < 4.78 is 7.21. The number of hydrogen-bond acceptors (Lipinski definition) is 3. The summed E-state index contributed by atoms with van der Waals surface area (Å²) in [6, 6.07) is 6.51. The molecule has 3 heteroatoms. The van der Waals surface area contributed by atoms with Gasteiger partial charge in [-0.25, -0.2) is 0 Å². The Hall–Kier alpha value is -1.06. The van der Waals surface area contributed by atoms with Gasteiger partial charge in [0.2, 0.25) is 0 Å². The number of ether oxygens (including phenoxy) is 1. The molecule has 19 heavy (non-hydrogen) atoms. The SMILES string of the molecule is CC(C)Oc1ccc2scc(C3CCNCC3)c2c1. The number of thiophene rings is 1. The van der Waals surface area contributed by atoms with E-state index in [0.29, 0.717) is 5.92 Å². The maximum atomic E-state index is 5.83. The van der Waals surface area contributed by atoms with E-state index in [1.165, 1.54) is 28.5 Å². The Kier molecular flexibility index (Phi) is 3.76. The Balaban J connectivity index is 1.95. The Morgan fingerprint density at radius 3 is 2.79 bits per heavy atom. The van der Waals surface area contributed by atoms with Crippen molar-refractivity contribution >= 4 is 21.4 Å². The predicted molar refractivity (Wildman–Crippen MR) is 82.4 cm³/mol. The van der Waals surface area contributed by atoms with Gasteiger partial charge in [0.15, 0.2) is 0 Å². The van der Waals surface area contributed by atoms with Crippen molar-refractivity contribution in [3.05, 3.63) is 29.1 Å². The fraction of sp³-hybridized carbons (Fsp3) is 0.500. The van der Waals surface area contributed by atoms with Crippen LogP contribution in [0.3, 0.4) is 0 Å². The van der Waals surface area contributed by atoms with Gasteiger partial charge in [0.05, 0.1) is 6.10 Å². The minimum atomic E-state index is 0.235. The smallest absolute Gasteiger partial charge is 0.120 e. The highest BCUT2D eigenvalue weighted by molar-refractivity contribution is 7.17. The van der Waals surface area contributed by atoms with Crippen molar-refractivity contribution in [3.8, 4) is 5.75 Å². The predicted octanol–water partition coefficient (Wildman–Crippen LogP) is 4.16. The van der Waals surface area contributed by atoms with Crippen molar-refractivity contribution in [2.45, 2.75) is 38.7 Å². The molecule has 3 rings (SSSR count). The van der Waals surface area contributed by atoms with E-state index < -0.39 is 0 Å². The summed E-state index contributed by atoms with van der Waals surface area (Å²) in [6.07, 6.45) is 2.74. The fourth-order valence-corrected chi connectivity index (χ4v) is 3.85. The normalized spacial score (nSPS) is 17.2. The van der Waals surface area contributed by atoms with E-state index in [0.717, 1.165) is 18.8 Å². The largest absolute Gasteiger partial charge is 0.491 e. The summed E-state index contributed by atoms with van der Waals surface area (Å²) in [5.74, 6) is 1.71. The molecule has 2 aromatic rings. The van der Waals surface area contributed by atoms with E-state index in [1.54, 1.807) is 0 Å². The van der Waals surface area contributed by atoms with Gasteiger partial charge in [-0.2, -0.15) is 0 Å². The van der Waals surface area contributed by atoms with Gasteiger partial charge in [0.1, 0.15) is 5.75 Å². The summed E-state index contributed by atoms with van der Waals surface area (Å²) in [5, 5.41) is 7.19. The van der Waals surface area contributed by atoms with E-state index in [9.17, 15) is 0 Å². The molecule has 1 aromatic heterocycles. The van der Waals surface area contributed by atoms with Crippen molar-refractivity contribution in [1.82, 2.24) is 5.32 Å². The van der Waals surface area contributed by atoms with Crippen LogP contribution in [0.15, 0.2) is 23.6 Å². The van der Waals surface area contributed by atoms with Crippen molar-refractivity contribution < 1.29 is 4.74 Å². The van der Waals surface area contributed by atoms with E-state index in [-0.39, 0.29) is 6.10 Å². The maximum absolute atomic E-state index is 5.83. The number of rotatable bonds is 3. The first kappa shape index (κ1) is 12.9. The Labute approximate surface area is 118 Å². The second-order valence-corrected chi connectivity index (χ2v) is 6.45. The number of nitrogens with one attached hydrogen (secondary N) is 1. The molecular weight excluding hydrogens is 254 g/mol. The van der Waals surface area contributed by atoms with Crippen molar-refractivity contribution in [3.63, 3.8) is 0 Å². The molecule has 1 aromatic carbocycles. The molecule has 0 saturated carbocycles. The molecule has 102 valence electrons. The van der Waals surface area contributed by atoms with Gasteiger partial charge >= 0.3 is 0 Å². The van der Waals surface area contributed by atoms with Gasteiger partial charge in [-0.3, -0.25) is 0 Å². The molecule has 0 spiro atoms. The van der Waals surface area contributed by atoms with Crippen LogP contribution < -0.4 is 10.1 Å². The van der Waals surface area contributed by atoms with Crippen LogP contribution in [0, 0.1) is 0 Å². The second-order valence-electron chi connectivity index (χ2n) is 5.54. The lowest BCUT2D eigenvalue weighted by atomic mass is 9.90. The highest BCUT2D eigenvalue weighted by atomic mass is 32.1. The molecule has 0 atom stereocenters. The van der Waals surface area contributed by atoms with Crippen LogP contribution in [0.2, 0.25) is 0 Å². The van der Waals surface area contributed by atoms with Gasteiger partial charge in [0.25, 0.3) is 0 Å². The van der Waals surface area contributed by atoms with Crippen LogP contribution in [-0.2, 0) is 0 Å². The van der Waals surface area contributed by atoms with Gasteiger partial charge in [-0.05, 0) is 80.2 Å². The summed E-state index contributed by atoms with van der Waals surface area (Å²) in [6.45, 7) is 6.44. The zero-order valence-electron chi connectivity index (χ0n) is 11.6. The summed E-state index contributed by atoms with van der Waals surface area (Å²) in [4.78, 5) is 0.